The molecule has 0 aliphatic rings. The van der Waals surface area contributed by atoms with Gasteiger partial charge in [-0.05, 0) is 36.1 Å². The maximum atomic E-state index is 13.2. The summed E-state index contributed by atoms with van der Waals surface area (Å²) in [5.74, 6) is -0.616. The zero-order valence-corrected chi connectivity index (χ0v) is 11.8. The van der Waals surface area contributed by atoms with Crippen molar-refractivity contribution in [1.82, 2.24) is 4.72 Å². The van der Waals surface area contributed by atoms with E-state index in [1.165, 1.54) is 18.3 Å². The van der Waals surface area contributed by atoms with Crippen LogP contribution in [-0.4, -0.2) is 8.42 Å². The van der Waals surface area contributed by atoms with Gasteiger partial charge in [0.05, 0.1) is 10.6 Å². The number of halogens is 1. The van der Waals surface area contributed by atoms with Crippen LogP contribution >= 0.6 is 11.3 Å². The fraction of sp³-hybridized carbons (Fsp3) is 0.167. The van der Waals surface area contributed by atoms with Gasteiger partial charge in [-0.25, -0.2) is 17.5 Å². The fourth-order valence-corrected chi connectivity index (χ4v) is 3.62. The highest BCUT2D eigenvalue weighted by molar-refractivity contribution is 7.89. The Labute approximate surface area is 115 Å². The fourth-order valence-electron chi connectivity index (χ4n) is 1.62. The van der Waals surface area contributed by atoms with Gasteiger partial charge >= 0.3 is 0 Å². The normalized spacial score (nSPS) is 11.7. The van der Waals surface area contributed by atoms with E-state index >= 15 is 0 Å². The summed E-state index contributed by atoms with van der Waals surface area (Å²) >= 11 is 1.46. The number of benzene rings is 1. The average molecular weight is 300 g/mol. The van der Waals surface area contributed by atoms with Crippen molar-refractivity contribution in [2.75, 3.05) is 5.73 Å². The lowest BCUT2D eigenvalue weighted by Gasteiger charge is -2.10. The Morgan fingerprint density at radius 1 is 1.42 bits per heavy atom. The minimum atomic E-state index is -3.70. The van der Waals surface area contributed by atoms with E-state index in [1.54, 1.807) is 0 Å². The second-order valence-corrected chi connectivity index (χ2v) is 6.81. The first-order valence-corrected chi connectivity index (χ1v) is 7.84. The van der Waals surface area contributed by atoms with Crippen LogP contribution in [0, 0.1) is 12.7 Å². The maximum Gasteiger partial charge on any atom is 0.241 e. The molecule has 0 spiro atoms. The third-order valence-corrected chi connectivity index (χ3v) is 5.02. The largest absolute Gasteiger partial charge is 0.396 e. The van der Waals surface area contributed by atoms with E-state index in [0.717, 1.165) is 17.0 Å². The highest BCUT2D eigenvalue weighted by Gasteiger charge is 2.18. The molecular formula is C12H13FN2O2S2. The molecule has 0 bridgehead atoms. The molecule has 0 unspecified atom stereocenters. The summed E-state index contributed by atoms with van der Waals surface area (Å²) in [5, 5.41) is 1.87. The van der Waals surface area contributed by atoms with Gasteiger partial charge in [0, 0.05) is 11.4 Å². The van der Waals surface area contributed by atoms with E-state index in [-0.39, 0.29) is 17.1 Å². The Hall–Kier alpha value is -1.44. The lowest BCUT2D eigenvalue weighted by molar-refractivity contribution is 0.580. The average Bonchev–Trinajstić information content (AvgIpc) is 2.84. The van der Waals surface area contributed by atoms with Crippen molar-refractivity contribution < 1.29 is 12.8 Å². The van der Waals surface area contributed by atoms with Crippen molar-refractivity contribution in [3.05, 3.63) is 45.9 Å². The summed E-state index contributed by atoms with van der Waals surface area (Å²) in [6.07, 6.45) is 0. The molecule has 0 aliphatic heterocycles. The Kier molecular flexibility index (Phi) is 3.88. The quantitative estimate of drug-likeness (QED) is 0.851. The van der Waals surface area contributed by atoms with Crippen LogP contribution in [0.5, 0.6) is 0 Å². The molecule has 3 N–H and O–H groups in total. The number of nitrogens with one attached hydrogen (secondary N) is 1. The third-order valence-electron chi connectivity index (χ3n) is 2.60. The molecule has 1 aromatic heterocycles. The molecule has 0 saturated heterocycles. The predicted molar refractivity (Wildman–Crippen MR) is 73.9 cm³/mol. The second-order valence-electron chi connectivity index (χ2n) is 4.04. The van der Waals surface area contributed by atoms with Gasteiger partial charge in [-0.3, -0.25) is 0 Å². The molecule has 0 radical (unpaired) electrons. The molecule has 0 atom stereocenters. The zero-order valence-electron chi connectivity index (χ0n) is 10.2. The number of anilines is 1. The van der Waals surface area contributed by atoms with E-state index < -0.39 is 15.8 Å². The number of hydrogen-bond donors (Lipinski definition) is 2. The van der Waals surface area contributed by atoms with Crippen LogP contribution in [0.4, 0.5) is 10.1 Å². The predicted octanol–water partition coefficient (Wildman–Crippen LogP) is 2.26. The number of rotatable bonds is 4. The first-order chi connectivity index (χ1) is 8.90. The highest BCUT2D eigenvalue weighted by atomic mass is 32.2. The van der Waals surface area contributed by atoms with Crippen LogP contribution < -0.4 is 10.5 Å². The second kappa shape index (κ2) is 5.28. The standard InChI is InChI=1S/C12H13FN2O2S2/c1-8-5-10(13)11(14)6-12(8)19(16,17)15-7-9-3-2-4-18-9/h2-6,15H,7,14H2,1H3. The first-order valence-electron chi connectivity index (χ1n) is 5.48. The van der Waals surface area contributed by atoms with Crippen LogP contribution in [0.3, 0.4) is 0 Å². The number of aryl methyl sites for hydroxylation is 1. The van der Waals surface area contributed by atoms with E-state index in [9.17, 15) is 12.8 Å². The number of sulfonamides is 1. The molecule has 1 aromatic carbocycles. The maximum absolute atomic E-state index is 13.2. The molecule has 4 nitrogen and oxygen atoms in total. The van der Waals surface area contributed by atoms with Crippen molar-refractivity contribution >= 4 is 27.0 Å². The first kappa shape index (κ1) is 14.0. The zero-order chi connectivity index (χ0) is 14.0. The molecule has 7 heteroatoms. The highest BCUT2D eigenvalue weighted by Crippen LogP contribution is 2.21. The van der Waals surface area contributed by atoms with Crippen LogP contribution in [0.25, 0.3) is 0 Å². The lowest BCUT2D eigenvalue weighted by Crippen LogP contribution is -2.23. The molecule has 1 heterocycles. The molecule has 2 aromatic rings. The van der Waals surface area contributed by atoms with E-state index in [0.29, 0.717) is 5.56 Å². The smallest absolute Gasteiger partial charge is 0.241 e. The van der Waals surface area contributed by atoms with Gasteiger partial charge in [-0.2, -0.15) is 0 Å². The summed E-state index contributed by atoms with van der Waals surface area (Å²) in [4.78, 5) is 0.902. The Morgan fingerprint density at radius 2 is 2.16 bits per heavy atom. The molecule has 2 rings (SSSR count). The monoisotopic (exact) mass is 300 g/mol. The van der Waals surface area contributed by atoms with Crippen molar-refractivity contribution in [3.63, 3.8) is 0 Å². The number of nitrogens with two attached hydrogens (primary N) is 1. The summed E-state index contributed by atoms with van der Waals surface area (Å²) in [5.41, 5.74) is 5.56. The third kappa shape index (κ3) is 3.12. The Balaban J connectivity index is 2.27. The number of hydrogen-bond acceptors (Lipinski definition) is 4. The van der Waals surface area contributed by atoms with Crippen LogP contribution in [0.1, 0.15) is 10.4 Å². The van der Waals surface area contributed by atoms with Gasteiger partial charge in [0.2, 0.25) is 10.0 Å². The number of thiophene rings is 1. The minimum Gasteiger partial charge on any atom is -0.396 e. The van der Waals surface area contributed by atoms with Gasteiger partial charge in [0.15, 0.2) is 0 Å². The molecule has 102 valence electrons. The van der Waals surface area contributed by atoms with Crippen molar-refractivity contribution in [1.29, 1.82) is 0 Å². The van der Waals surface area contributed by atoms with E-state index in [4.69, 9.17) is 5.73 Å². The Bertz CT molecular complexity index is 682. The minimum absolute atomic E-state index is 0.00274. The summed E-state index contributed by atoms with van der Waals surface area (Å²) in [6.45, 7) is 1.74. The van der Waals surface area contributed by atoms with Gasteiger partial charge in [0.1, 0.15) is 5.82 Å². The van der Waals surface area contributed by atoms with Crippen LogP contribution in [0.15, 0.2) is 34.5 Å². The lowest BCUT2D eigenvalue weighted by atomic mass is 10.2. The van der Waals surface area contributed by atoms with E-state index in [1.807, 2.05) is 17.5 Å². The molecular weight excluding hydrogens is 287 g/mol. The van der Waals surface area contributed by atoms with E-state index in [2.05, 4.69) is 4.72 Å². The molecule has 0 aliphatic carbocycles. The van der Waals surface area contributed by atoms with Crippen molar-refractivity contribution in [3.8, 4) is 0 Å². The van der Waals surface area contributed by atoms with Gasteiger partial charge < -0.3 is 5.73 Å². The van der Waals surface area contributed by atoms with Gasteiger partial charge in [0.25, 0.3) is 0 Å². The van der Waals surface area contributed by atoms with Gasteiger partial charge in [-0.15, -0.1) is 11.3 Å². The van der Waals surface area contributed by atoms with Crippen molar-refractivity contribution in [2.24, 2.45) is 0 Å². The topological polar surface area (TPSA) is 72.2 Å². The van der Waals surface area contributed by atoms with Gasteiger partial charge in [-0.1, -0.05) is 6.07 Å². The summed E-state index contributed by atoms with van der Waals surface area (Å²) in [7, 11) is -3.70. The molecule has 0 amide bonds. The SMILES string of the molecule is Cc1cc(F)c(N)cc1S(=O)(=O)NCc1cccs1. The molecule has 0 fully saturated rings. The Morgan fingerprint density at radius 3 is 2.79 bits per heavy atom. The van der Waals surface area contributed by atoms with Crippen LogP contribution in [0.2, 0.25) is 0 Å². The number of nitrogen functional groups attached to an aromatic ring is 1. The van der Waals surface area contributed by atoms with Crippen molar-refractivity contribution in [2.45, 2.75) is 18.4 Å². The molecule has 19 heavy (non-hydrogen) atoms. The summed E-state index contributed by atoms with van der Waals surface area (Å²) in [6, 6.07) is 5.94. The molecule has 0 saturated carbocycles. The van der Waals surface area contributed by atoms with Crippen LogP contribution in [-0.2, 0) is 16.6 Å². The summed E-state index contributed by atoms with van der Waals surface area (Å²) < 4.78 is 39.9.